The molecule has 5 nitrogen and oxygen atoms in total. The summed E-state index contributed by atoms with van der Waals surface area (Å²) in [5.41, 5.74) is 2.70. The smallest absolute Gasteiger partial charge is 0.118 e. The topological polar surface area (TPSA) is 33.5 Å². The summed E-state index contributed by atoms with van der Waals surface area (Å²) < 4.78 is 7.30. The predicted octanol–water partition coefficient (Wildman–Crippen LogP) is 3.86. The van der Waals surface area contributed by atoms with Crippen molar-refractivity contribution in [2.75, 3.05) is 40.3 Å². The van der Waals surface area contributed by atoms with Crippen LogP contribution in [-0.4, -0.2) is 59.9 Å². The van der Waals surface area contributed by atoms with E-state index in [1.165, 1.54) is 37.1 Å². The molecule has 0 N–H and O–H groups in total. The molecule has 1 saturated heterocycles. The summed E-state index contributed by atoms with van der Waals surface area (Å²) >= 11 is 0. The standard InChI is InChI=1S/C23H36N4O/c1-19(2)27-18-22(14-24-27)16-25(3)15-21-6-5-12-26(17-21)13-11-20-7-9-23(28-4)10-8-20/h7-10,14,18-19,21H,5-6,11-13,15-17H2,1-4H3/t21-/m0/s1. The lowest BCUT2D eigenvalue weighted by molar-refractivity contribution is 0.142. The van der Waals surface area contributed by atoms with E-state index >= 15 is 0 Å². The van der Waals surface area contributed by atoms with Crippen LogP contribution in [0.5, 0.6) is 5.75 Å². The fourth-order valence-electron chi connectivity index (χ4n) is 4.14. The van der Waals surface area contributed by atoms with Gasteiger partial charge in [0.1, 0.15) is 5.75 Å². The van der Waals surface area contributed by atoms with Crippen LogP contribution >= 0.6 is 0 Å². The van der Waals surface area contributed by atoms with Gasteiger partial charge in [0.05, 0.1) is 13.3 Å². The largest absolute Gasteiger partial charge is 0.497 e. The number of hydrogen-bond acceptors (Lipinski definition) is 4. The second-order valence-electron chi connectivity index (χ2n) is 8.53. The molecule has 154 valence electrons. The van der Waals surface area contributed by atoms with Crippen molar-refractivity contribution >= 4 is 0 Å². The van der Waals surface area contributed by atoms with Crippen LogP contribution in [0.25, 0.3) is 0 Å². The summed E-state index contributed by atoms with van der Waals surface area (Å²) in [5, 5.41) is 4.47. The zero-order valence-electron chi connectivity index (χ0n) is 18.0. The Kier molecular flexibility index (Phi) is 7.51. The van der Waals surface area contributed by atoms with Crippen LogP contribution in [0.1, 0.15) is 43.9 Å². The number of rotatable bonds is 9. The number of hydrogen-bond donors (Lipinski definition) is 0. The van der Waals surface area contributed by atoms with Crippen LogP contribution in [0.15, 0.2) is 36.7 Å². The number of benzene rings is 1. The lowest BCUT2D eigenvalue weighted by Crippen LogP contribution is -2.40. The van der Waals surface area contributed by atoms with Crippen molar-refractivity contribution in [3.63, 3.8) is 0 Å². The predicted molar refractivity (Wildman–Crippen MR) is 115 cm³/mol. The van der Waals surface area contributed by atoms with E-state index in [-0.39, 0.29) is 0 Å². The first-order chi connectivity index (χ1) is 13.5. The third-order valence-corrected chi connectivity index (χ3v) is 5.69. The second kappa shape index (κ2) is 10.1. The fraction of sp³-hybridized carbons (Fsp3) is 0.609. The van der Waals surface area contributed by atoms with Crippen molar-refractivity contribution in [2.24, 2.45) is 5.92 Å². The molecule has 1 fully saturated rings. The highest BCUT2D eigenvalue weighted by Crippen LogP contribution is 2.19. The summed E-state index contributed by atoms with van der Waals surface area (Å²) in [7, 11) is 3.96. The highest BCUT2D eigenvalue weighted by atomic mass is 16.5. The van der Waals surface area contributed by atoms with Crippen LogP contribution in [0.3, 0.4) is 0 Å². The normalized spacial score (nSPS) is 18.1. The van der Waals surface area contributed by atoms with E-state index in [9.17, 15) is 0 Å². The summed E-state index contributed by atoms with van der Waals surface area (Å²) in [6.45, 7) is 10.1. The zero-order chi connectivity index (χ0) is 19.9. The molecule has 0 unspecified atom stereocenters. The zero-order valence-corrected chi connectivity index (χ0v) is 18.0. The Hall–Kier alpha value is -1.85. The van der Waals surface area contributed by atoms with Crippen molar-refractivity contribution in [1.29, 1.82) is 0 Å². The quantitative estimate of drug-likeness (QED) is 0.657. The van der Waals surface area contributed by atoms with Crippen LogP contribution < -0.4 is 4.74 Å². The van der Waals surface area contributed by atoms with Crippen molar-refractivity contribution in [2.45, 2.75) is 45.7 Å². The van der Waals surface area contributed by atoms with Gasteiger partial charge in [0.15, 0.2) is 0 Å². The molecule has 1 aromatic carbocycles. The maximum Gasteiger partial charge on any atom is 0.118 e. The Morgan fingerprint density at radius 3 is 2.68 bits per heavy atom. The van der Waals surface area contributed by atoms with Gasteiger partial charge in [0.2, 0.25) is 0 Å². The van der Waals surface area contributed by atoms with Gasteiger partial charge in [0.25, 0.3) is 0 Å². The third kappa shape index (κ3) is 6.08. The number of nitrogens with zero attached hydrogens (tertiary/aromatic N) is 4. The molecule has 1 aliphatic rings. The van der Waals surface area contributed by atoms with Crippen molar-refractivity contribution in [3.8, 4) is 5.75 Å². The molecular formula is C23H36N4O. The lowest BCUT2D eigenvalue weighted by atomic mass is 9.97. The van der Waals surface area contributed by atoms with Crippen molar-refractivity contribution in [1.82, 2.24) is 19.6 Å². The highest BCUT2D eigenvalue weighted by molar-refractivity contribution is 5.27. The van der Waals surface area contributed by atoms with Gasteiger partial charge in [-0.25, -0.2) is 0 Å². The molecule has 2 heterocycles. The molecule has 5 heteroatoms. The van der Waals surface area contributed by atoms with Gasteiger partial charge in [-0.1, -0.05) is 12.1 Å². The Morgan fingerprint density at radius 2 is 2.00 bits per heavy atom. The van der Waals surface area contributed by atoms with Crippen LogP contribution in [0, 0.1) is 5.92 Å². The third-order valence-electron chi connectivity index (χ3n) is 5.69. The summed E-state index contributed by atoms with van der Waals surface area (Å²) in [5.74, 6) is 1.69. The first-order valence-electron chi connectivity index (χ1n) is 10.6. The van der Waals surface area contributed by atoms with E-state index < -0.39 is 0 Å². The van der Waals surface area contributed by atoms with Gasteiger partial charge >= 0.3 is 0 Å². The van der Waals surface area contributed by atoms with Crippen LogP contribution in [-0.2, 0) is 13.0 Å². The minimum atomic E-state index is 0.427. The van der Waals surface area contributed by atoms with Crippen LogP contribution in [0.2, 0.25) is 0 Å². The first-order valence-corrected chi connectivity index (χ1v) is 10.6. The summed E-state index contributed by atoms with van der Waals surface area (Å²) in [4.78, 5) is 5.10. The minimum Gasteiger partial charge on any atom is -0.497 e. The number of piperidine rings is 1. The first kappa shape index (κ1) is 20.9. The highest BCUT2D eigenvalue weighted by Gasteiger charge is 2.21. The van der Waals surface area contributed by atoms with Gasteiger partial charge in [-0.15, -0.1) is 0 Å². The number of likely N-dealkylation sites (tertiary alicyclic amines) is 1. The molecule has 1 aromatic heterocycles. The minimum absolute atomic E-state index is 0.427. The van der Waals surface area contributed by atoms with E-state index in [1.807, 2.05) is 10.9 Å². The Morgan fingerprint density at radius 1 is 1.21 bits per heavy atom. The second-order valence-corrected chi connectivity index (χ2v) is 8.53. The van der Waals surface area contributed by atoms with Gasteiger partial charge < -0.3 is 14.5 Å². The van der Waals surface area contributed by atoms with E-state index in [2.05, 4.69) is 66.3 Å². The summed E-state index contributed by atoms with van der Waals surface area (Å²) in [6.07, 6.45) is 7.96. The number of methoxy groups -OCH3 is 1. The molecule has 1 atom stereocenters. The molecule has 1 aliphatic heterocycles. The summed E-state index contributed by atoms with van der Waals surface area (Å²) in [6, 6.07) is 8.92. The molecule has 28 heavy (non-hydrogen) atoms. The van der Waals surface area contributed by atoms with E-state index in [1.54, 1.807) is 7.11 Å². The van der Waals surface area contributed by atoms with Gasteiger partial charge in [-0.3, -0.25) is 4.68 Å². The average molecular weight is 385 g/mol. The van der Waals surface area contributed by atoms with Crippen molar-refractivity contribution < 1.29 is 4.74 Å². The average Bonchev–Trinajstić information content (AvgIpc) is 3.16. The van der Waals surface area contributed by atoms with Crippen molar-refractivity contribution in [3.05, 3.63) is 47.8 Å². The van der Waals surface area contributed by atoms with Crippen LogP contribution in [0.4, 0.5) is 0 Å². The van der Waals surface area contributed by atoms with Gasteiger partial charge in [-0.2, -0.15) is 5.10 Å². The molecule has 0 spiro atoms. The molecule has 0 aliphatic carbocycles. The molecule has 0 saturated carbocycles. The molecule has 0 radical (unpaired) electrons. The molecule has 3 rings (SSSR count). The molecule has 0 amide bonds. The Labute approximate surface area is 170 Å². The van der Waals surface area contributed by atoms with E-state index in [0.717, 1.165) is 37.7 Å². The number of ether oxygens (including phenoxy) is 1. The molecule has 0 bridgehead atoms. The van der Waals surface area contributed by atoms with E-state index in [0.29, 0.717) is 6.04 Å². The lowest BCUT2D eigenvalue weighted by Gasteiger charge is -2.34. The molecular weight excluding hydrogens is 348 g/mol. The SMILES string of the molecule is COc1ccc(CCN2CCC[C@@H](CN(C)Cc3cnn(C(C)C)c3)C2)cc1. The number of aromatic nitrogens is 2. The fourth-order valence-corrected chi connectivity index (χ4v) is 4.14. The van der Waals surface area contributed by atoms with E-state index in [4.69, 9.17) is 4.74 Å². The monoisotopic (exact) mass is 384 g/mol. The Balaban J connectivity index is 1.43. The molecule has 2 aromatic rings. The maximum atomic E-state index is 5.25. The Bertz CT molecular complexity index is 710. The van der Waals surface area contributed by atoms with Gasteiger partial charge in [-0.05, 0) is 70.3 Å². The maximum absolute atomic E-state index is 5.25. The van der Waals surface area contributed by atoms with Gasteiger partial charge in [0, 0.05) is 44.0 Å².